The molecule has 0 saturated carbocycles. The van der Waals surface area contributed by atoms with Gasteiger partial charge in [-0.15, -0.1) is 0 Å². The van der Waals surface area contributed by atoms with Gasteiger partial charge in [-0.2, -0.15) is 0 Å². The lowest BCUT2D eigenvalue weighted by Gasteiger charge is -2.31. The highest BCUT2D eigenvalue weighted by Gasteiger charge is 2.32. The summed E-state index contributed by atoms with van der Waals surface area (Å²) >= 11 is 0. The van der Waals surface area contributed by atoms with Gasteiger partial charge in [0.1, 0.15) is 5.78 Å². The molecule has 16 heavy (non-hydrogen) atoms. The predicted molar refractivity (Wildman–Crippen MR) is 71.7 cm³/mol. The van der Waals surface area contributed by atoms with E-state index >= 15 is 0 Å². The van der Waals surface area contributed by atoms with Gasteiger partial charge in [0, 0.05) is 5.41 Å². The van der Waals surface area contributed by atoms with E-state index in [2.05, 4.69) is 20.8 Å². The van der Waals surface area contributed by atoms with Gasteiger partial charge in [-0.3, -0.25) is 4.79 Å². The Morgan fingerprint density at radius 1 is 0.812 bits per heavy atom. The van der Waals surface area contributed by atoms with Crippen LogP contribution in [0.4, 0.5) is 0 Å². The van der Waals surface area contributed by atoms with Crippen molar-refractivity contribution in [2.45, 2.75) is 85.5 Å². The Hall–Kier alpha value is -0.330. The van der Waals surface area contributed by atoms with Gasteiger partial charge < -0.3 is 0 Å². The maximum Gasteiger partial charge on any atom is 0.135 e. The lowest BCUT2D eigenvalue weighted by molar-refractivity contribution is -0.128. The van der Waals surface area contributed by atoms with E-state index in [0.29, 0.717) is 5.78 Å². The molecule has 0 radical (unpaired) electrons. The standard InChI is InChI=1S/C15H30O/c1-5-8-11-15(14(4)16,12-9-6-2)13-10-7-3/h5-13H2,1-4H3. The number of carbonyl (C=O) groups excluding carboxylic acids is 1. The minimum atomic E-state index is 0.0159. The van der Waals surface area contributed by atoms with Crippen molar-refractivity contribution in [2.75, 3.05) is 0 Å². The minimum absolute atomic E-state index is 0.0159. The van der Waals surface area contributed by atoms with Gasteiger partial charge in [0.25, 0.3) is 0 Å². The van der Waals surface area contributed by atoms with Gasteiger partial charge in [-0.05, 0) is 26.2 Å². The van der Waals surface area contributed by atoms with Crippen molar-refractivity contribution < 1.29 is 4.79 Å². The Kier molecular flexibility index (Phi) is 8.60. The van der Waals surface area contributed by atoms with Crippen molar-refractivity contribution in [1.82, 2.24) is 0 Å². The molecular formula is C15H30O. The summed E-state index contributed by atoms with van der Waals surface area (Å²) in [5, 5.41) is 0. The van der Waals surface area contributed by atoms with Crippen LogP contribution in [0.3, 0.4) is 0 Å². The van der Waals surface area contributed by atoms with E-state index in [0.717, 1.165) is 19.3 Å². The number of ketones is 1. The molecule has 1 nitrogen and oxygen atoms in total. The maximum atomic E-state index is 12.0. The summed E-state index contributed by atoms with van der Waals surface area (Å²) in [7, 11) is 0. The summed E-state index contributed by atoms with van der Waals surface area (Å²) in [5.74, 6) is 0.433. The smallest absolute Gasteiger partial charge is 0.135 e. The van der Waals surface area contributed by atoms with Crippen LogP contribution in [0.2, 0.25) is 0 Å². The molecule has 0 aliphatic rings. The van der Waals surface area contributed by atoms with Crippen molar-refractivity contribution >= 4 is 5.78 Å². The second kappa shape index (κ2) is 8.78. The molecule has 0 saturated heterocycles. The third-order valence-electron chi connectivity index (χ3n) is 3.77. The van der Waals surface area contributed by atoms with Crippen LogP contribution in [-0.4, -0.2) is 5.78 Å². The Balaban J connectivity index is 4.52. The van der Waals surface area contributed by atoms with E-state index < -0.39 is 0 Å². The Labute approximate surface area is 102 Å². The van der Waals surface area contributed by atoms with Crippen molar-refractivity contribution in [1.29, 1.82) is 0 Å². The lowest BCUT2D eigenvalue weighted by Crippen LogP contribution is -2.29. The number of Topliss-reactive ketones (excluding diaryl/α,β-unsaturated/α-hetero) is 1. The second-order valence-electron chi connectivity index (χ2n) is 5.15. The van der Waals surface area contributed by atoms with E-state index in [1.54, 1.807) is 6.92 Å². The molecule has 0 fully saturated rings. The highest BCUT2D eigenvalue weighted by Crippen LogP contribution is 2.37. The van der Waals surface area contributed by atoms with Crippen LogP contribution in [0.5, 0.6) is 0 Å². The fourth-order valence-electron chi connectivity index (χ4n) is 2.45. The summed E-state index contributed by atoms with van der Waals surface area (Å²) in [6.45, 7) is 8.45. The average Bonchev–Trinajstić information content (AvgIpc) is 2.28. The van der Waals surface area contributed by atoms with Crippen LogP contribution < -0.4 is 0 Å². The fraction of sp³-hybridized carbons (Fsp3) is 0.933. The minimum Gasteiger partial charge on any atom is -0.299 e. The second-order valence-corrected chi connectivity index (χ2v) is 5.15. The maximum absolute atomic E-state index is 12.0. The van der Waals surface area contributed by atoms with Gasteiger partial charge in [0.15, 0.2) is 0 Å². The van der Waals surface area contributed by atoms with E-state index in [1.807, 2.05) is 0 Å². The molecule has 0 aromatic carbocycles. The molecule has 1 heteroatoms. The van der Waals surface area contributed by atoms with Gasteiger partial charge in [-0.25, -0.2) is 0 Å². The number of hydrogen-bond donors (Lipinski definition) is 0. The van der Waals surface area contributed by atoms with Crippen molar-refractivity contribution in [3.05, 3.63) is 0 Å². The molecule has 0 aromatic rings. The summed E-state index contributed by atoms with van der Waals surface area (Å²) in [6, 6.07) is 0. The first kappa shape index (κ1) is 15.7. The van der Waals surface area contributed by atoms with Crippen LogP contribution in [-0.2, 0) is 4.79 Å². The summed E-state index contributed by atoms with van der Waals surface area (Å²) in [5.41, 5.74) is 0.0159. The Morgan fingerprint density at radius 2 is 1.12 bits per heavy atom. The monoisotopic (exact) mass is 226 g/mol. The zero-order valence-corrected chi connectivity index (χ0v) is 11.8. The summed E-state index contributed by atoms with van der Waals surface area (Å²) in [4.78, 5) is 12.0. The van der Waals surface area contributed by atoms with Crippen LogP contribution in [0.25, 0.3) is 0 Å². The SMILES string of the molecule is CCCCC(CCCC)(CCCC)C(C)=O. The molecule has 0 aliphatic carbocycles. The van der Waals surface area contributed by atoms with Gasteiger partial charge in [0.05, 0.1) is 0 Å². The number of carbonyl (C=O) groups is 1. The molecule has 0 atom stereocenters. The third-order valence-corrected chi connectivity index (χ3v) is 3.77. The molecular weight excluding hydrogens is 196 g/mol. The highest BCUT2D eigenvalue weighted by molar-refractivity contribution is 5.82. The Bertz CT molecular complexity index is 162. The summed E-state index contributed by atoms with van der Waals surface area (Å²) < 4.78 is 0. The van der Waals surface area contributed by atoms with Crippen LogP contribution >= 0.6 is 0 Å². The van der Waals surface area contributed by atoms with Crippen molar-refractivity contribution in [3.8, 4) is 0 Å². The molecule has 0 aliphatic heterocycles. The number of unbranched alkanes of at least 4 members (excludes halogenated alkanes) is 3. The zero-order chi connectivity index (χ0) is 12.4. The molecule has 0 heterocycles. The molecule has 96 valence electrons. The van der Waals surface area contributed by atoms with E-state index in [9.17, 15) is 4.79 Å². The Morgan fingerprint density at radius 3 is 1.31 bits per heavy atom. The van der Waals surface area contributed by atoms with Crippen molar-refractivity contribution in [3.63, 3.8) is 0 Å². The van der Waals surface area contributed by atoms with E-state index in [4.69, 9.17) is 0 Å². The van der Waals surface area contributed by atoms with Gasteiger partial charge in [0.2, 0.25) is 0 Å². The average molecular weight is 226 g/mol. The largest absolute Gasteiger partial charge is 0.299 e. The first-order valence-corrected chi connectivity index (χ1v) is 7.14. The van der Waals surface area contributed by atoms with E-state index in [-0.39, 0.29) is 5.41 Å². The van der Waals surface area contributed by atoms with Gasteiger partial charge >= 0.3 is 0 Å². The molecule has 0 amide bonds. The summed E-state index contributed by atoms with van der Waals surface area (Å²) in [6.07, 6.45) is 10.5. The van der Waals surface area contributed by atoms with E-state index in [1.165, 1.54) is 38.5 Å². The normalized spacial score (nSPS) is 11.8. The van der Waals surface area contributed by atoms with Crippen LogP contribution in [0, 0.1) is 5.41 Å². The number of rotatable bonds is 10. The topological polar surface area (TPSA) is 17.1 Å². The molecule has 0 unspecified atom stereocenters. The molecule has 0 aromatic heterocycles. The predicted octanol–water partition coefficient (Wildman–Crippen LogP) is 5.13. The molecule has 0 N–H and O–H groups in total. The first-order valence-electron chi connectivity index (χ1n) is 7.14. The zero-order valence-electron chi connectivity index (χ0n) is 11.8. The van der Waals surface area contributed by atoms with Crippen molar-refractivity contribution in [2.24, 2.45) is 5.41 Å². The number of hydrogen-bond acceptors (Lipinski definition) is 1. The molecule has 0 rings (SSSR count). The first-order chi connectivity index (χ1) is 7.63. The fourth-order valence-corrected chi connectivity index (χ4v) is 2.45. The molecule has 0 spiro atoms. The quantitative estimate of drug-likeness (QED) is 0.504. The van der Waals surface area contributed by atoms with Gasteiger partial charge in [-0.1, -0.05) is 59.3 Å². The highest BCUT2D eigenvalue weighted by atomic mass is 16.1. The lowest BCUT2D eigenvalue weighted by atomic mass is 9.72. The van der Waals surface area contributed by atoms with Crippen LogP contribution in [0.1, 0.15) is 85.5 Å². The third kappa shape index (κ3) is 5.14. The molecule has 0 bridgehead atoms. The van der Waals surface area contributed by atoms with Crippen LogP contribution in [0.15, 0.2) is 0 Å².